The van der Waals surface area contributed by atoms with Crippen LogP contribution in [0.25, 0.3) is 22.9 Å². The summed E-state index contributed by atoms with van der Waals surface area (Å²) in [5.74, 6) is 0. The highest BCUT2D eigenvalue weighted by Crippen LogP contribution is 2.35. The van der Waals surface area contributed by atoms with Crippen LogP contribution in [0.1, 0.15) is 43.0 Å². The summed E-state index contributed by atoms with van der Waals surface area (Å²) in [5.41, 5.74) is 6.74. The van der Waals surface area contributed by atoms with Crippen molar-refractivity contribution in [3.05, 3.63) is 76.9 Å². The molecule has 0 unspecified atom stereocenters. The molecule has 1 N–H and O–H groups in total. The highest BCUT2D eigenvalue weighted by atomic mass is 35.5. The first-order valence-corrected chi connectivity index (χ1v) is 8.59. The zero-order valence-corrected chi connectivity index (χ0v) is 15.8. The number of rotatable bonds is 3. The summed E-state index contributed by atoms with van der Waals surface area (Å²) < 4.78 is 0. The molecule has 4 rings (SSSR count). The SMILES string of the molecule is CC(C)(C)c1ccc(CNc2ccc3c4c(cccc24)C=C3)cc1.Cl. The van der Waals surface area contributed by atoms with Crippen molar-refractivity contribution in [1.29, 1.82) is 0 Å². The molecule has 0 amide bonds. The molecular weight excluding hydrogens is 326 g/mol. The second-order valence-electron chi connectivity index (χ2n) is 7.61. The Morgan fingerprint density at radius 2 is 1.48 bits per heavy atom. The van der Waals surface area contributed by atoms with E-state index in [0.717, 1.165) is 6.54 Å². The summed E-state index contributed by atoms with van der Waals surface area (Å²) in [5, 5.41) is 6.29. The molecule has 0 atom stereocenters. The van der Waals surface area contributed by atoms with Crippen molar-refractivity contribution in [3.63, 3.8) is 0 Å². The Labute approximate surface area is 156 Å². The van der Waals surface area contributed by atoms with Crippen LogP contribution in [0.2, 0.25) is 0 Å². The Morgan fingerprint density at radius 3 is 2.16 bits per heavy atom. The average molecular weight is 350 g/mol. The lowest BCUT2D eigenvalue weighted by molar-refractivity contribution is 0.590. The number of anilines is 1. The third-order valence-corrected chi connectivity index (χ3v) is 4.85. The molecule has 1 aliphatic rings. The first-order valence-electron chi connectivity index (χ1n) is 8.59. The van der Waals surface area contributed by atoms with E-state index in [1.807, 2.05) is 0 Å². The van der Waals surface area contributed by atoms with Crippen molar-refractivity contribution in [1.82, 2.24) is 0 Å². The Morgan fingerprint density at radius 1 is 0.800 bits per heavy atom. The van der Waals surface area contributed by atoms with Crippen molar-refractivity contribution in [2.75, 3.05) is 5.32 Å². The van der Waals surface area contributed by atoms with E-state index >= 15 is 0 Å². The number of halogens is 1. The van der Waals surface area contributed by atoms with Gasteiger partial charge in [-0.25, -0.2) is 0 Å². The van der Waals surface area contributed by atoms with Gasteiger partial charge in [-0.3, -0.25) is 0 Å². The highest BCUT2D eigenvalue weighted by molar-refractivity contribution is 6.09. The van der Waals surface area contributed by atoms with Gasteiger partial charge in [0.05, 0.1) is 0 Å². The smallest absolute Gasteiger partial charge is 0.0423 e. The van der Waals surface area contributed by atoms with Gasteiger partial charge in [0.25, 0.3) is 0 Å². The third-order valence-electron chi connectivity index (χ3n) is 4.85. The van der Waals surface area contributed by atoms with E-state index in [1.165, 1.54) is 38.7 Å². The van der Waals surface area contributed by atoms with Gasteiger partial charge in [-0.2, -0.15) is 0 Å². The van der Waals surface area contributed by atoms with Gasteiger partial charge in [-0.1, -0.05) is 81.5 Å². The zero-order valence-electron chi connectivity index (χ0n) is 15.0. The first-order chi connectivity index (χ1) is 11.5. The monoisotopic (exact) mass is 349 g/mol. The summed E-state index contributed by atoms with van der Waals surface area (Å²) >= 11 is 0. The van der Waals surface area contributed by atoms with E-state index in [4.69, 9.17) is 0 Å². The Bertz CT molecular complexity index is 918. The summed E-state index contributed by atoms with van der Waals surface area (Å²) in [6, 6.07) is 19.9. The molecule has 0 bridgehead atoms. The molecule has 0 radical (unpaired) electrons. The Hall–Kier alpha value is -2.25. The number of benzene rings is 3. The van der Waals surface area contributed by atoms with Gasteiger partial charge >= 0.3 is 0 Å². The second kappa shape index (κ2) is 6.57. The van der Waals surface area contributed by atoms with Gasteiger partial charge in [0, 0.05) is 17.6 Å². The quantitative estimate of drug-likeness (QED) is 0.436. The molecule has 0 spiro atoms. The van der Waals surface area contributed by atoms with Crippen LogP contribution in [0.4, 0.5) is 5.69 Å². The maximum atomic E-state index is 3.62. The van der Waals surface area contributed by atoms with Crippen LogP contribution in [0.15, 0.2) is 54.6 Å². The number of hydrogen-bond donors (Lipinski definition) is 1. The minimum absolute atomic E-state index is 0. The lowest BCUT2D eigenvalue weighted by Gasteiger charge is -2.19. The van der Waals surface area contributed by atoms with Crippen LogP contribution >= 0.6 is 12.4 Å². The fraction of sp³-hybridized carbons (Fsp3) is 0.217. The molecule has 25 heavy (non-hydrogen) atoms. The molecule has 128 valence electrons. The molecule has 0 fully saturated rings. The maximum Gasteiger partial charge on any atom is 0.0423 e. The molecular formula is C23H24ClN. The fourth-order valence-electron chi connectivity index (χ4n) is 3.39. The normalized spacial score (nSPS) is 12.3. The fourth-order valence-corrected chi connectivity index (χ4v) is 3.39. The van der Waals surface area contributed by atoms with E-state index in [2.05, 4.69) is 92.8 Å². The summed E-state index contributed by atoms with van der Waals surface area (Å²) in [4.78, 5) is 0. The minimum Gasteiger partial charge on any atom is -0.380 e. The van der Waals surface area contributed by atoms with Gasteiger partial charge in [-0.05, 0) is 39.1 Å². The van der Waals surface area contributed by atoms with Crippen LogP contribution in [0.3, 0.4) is 0 Å². The Balaban J connectivity index is 0.00000182. The van der Waals surface area contributed by atoms with Crippen molar-refractivity contribution >= 4 is 41.0 Å². The molecule has 0 heterocycles. The topological polar surface area (TPSA) is 12.0 Å². The zero-order chi connectivity index (χ0) is 16.7. The average Bonchev–Trinajstić information content (AvgIpc) is 2.99. The Kier molecular flexibility index (Phi) is 4.62. The summed E-state index contributed by atoms with van der Waals surface area (Å²) in [6.07, 6.45) is 4.40. The van der Waals surface area contributed by atoms with Crippen molar-refractivity contribution in [2.24, 2.45) is 0 Å². The molecule has 0 saturated carbocycles. The molecule has 1 aliphatic carbocycles. The predicted molar refractivity (Wildman–Crippen MR) is 113 cm³/mol. The molecule has 0 aromatic heterocycles. The van der Waals surface area contributed by atoms with Gasteiger partial charge < -0.3 is 5.32 Å². The maximum absolute atomic E-state index is 3.62. The van der Waals surface area contributed by atoms with E-state index in [-0.39, 0.29) is 17.8 Å². The first kappa shape index (κ1) is 17.6. The van der Waals surface area contributed by atoms with Crippen LogP contribution in [-0.4, -0.2) is 0 Å². The molecule has 0 aliphatic heterocycles. The van der Waals surface area contributed by atoms with Crippen LogP contribution in [0, 0.1) is 0 Å². The van der Waals surface area contributed by atoms with Gasteiger partial charge in [0.2, 0.25) is 0 Å². The van der Waals surface area contributed by atoms with Crippen molar-refractivity contribution in [3.8, 4) is 0 Å². The lowest BCUT2D eigenvalue weighted by atomic mass is 9.87. The summed E-state index contributed by atoms with van der Waals surface area (Å²) in [7, 11) is 0. The van der Waals surface area contributed by atoms with Gasteiger partial charge in [0.1, 0.15) is 0 Å². The second-order valence-corrected chi connectivity index (χ2v) is 7.61. The van der Waals surface area contributed by atoms with Crippen LogP contribution < -0.4 is 5.32 Å². The molecule has 0 saturated heterocycles. The van der Waals surface area contributed by atoms with E-state index in [9.17, 15) is 0 Å². The largest absolute Gasteiger partial charge is 0.380 e. The molecule has 1 nitrogen and oxygen atoms in total. The van der Waals surface area contributed by atoms with E-state index in [1.54, 1.807) is 0 Å². The van der Waals surface area contributed by atoms with Crippen LogP contribution in [-0.2, 0) is 12.0 Å². The lowest BCUT2D eigenvalue weighted by Crippen LogP contribution is -2.11. The standard InChI is InChI=1S/C23H23N.ClH/c1-23(2,3)19-12-7-16(8-13-19)15-24-21-14-11-18-10-9-17-5-4-6-20(21)22(17)18;/h4-14,24H,15H2,1-3H3;1H. The van der Waals surface area contributed by atoms with Gasteiger partial charge in [0.15, 0.2) is 0 Å². The van der Waals surface area contributed by atoms with E-state index in [0.29, 0.717) is 0 Å². The minimum atomic E-state index is 0. The molecule has 3 aromatic carbocycles. The van der Waals surface area contributed by atoms with Gasteiger partial charge in [-0.15, -0.1) is 12.4 Å². The summed E-state index contributed by atoms with van der Waals surface area (Å²) in [6.45, 7) is 7.60. The molecule has 2 heteroatoms. The number of nitrogens with one attached hydrogen (secondary N) is 1. The van der Waals surface area contributed by atoms with Crippen molar-refractivity contribution in [2.45, 2.75) is 32.7 Å². The molecule has 3 aromatic rings. The number of hydrogen-bond acceptors (Lipinski definition) is 1. The highest BCUT2D eigenvalue weighted by Gasteiger charge is 2.13. The van der Waals surface area contributed by atoms with Crippen molar-refractivity contribution < 1.29 is 0 Å². The van der Waals surface area contributed by atoms with Crippen LogP contribution in [0.5, 0.6) is 0 Å². The predicted octanol–water partition coefficient (Wildman–Crippen LogP) is 6.66. The third kappa shape index (κ3) is 3.29. The van der Waals surface area contributed by atoms with E-state index < -0.39 is 0 Å².